The Labute approximate surface area is 117 Å². The van der Waals surface area contributed by atoms with Crippen LogP contribution < -0.4 is 0 Å². The third-order valence-electron chi connectivity index (χ3n) is 5.14. The highest BCUT2D eigenvalue weighted by atomic mass is 16.5. The average molecular weight is 277 g/mol. The summed E-state index contributed by atoms with van der Waals surface area (Å²) in [6.45, 7) is 2.58. The number of rotatable bonds is 1. The van der Waals surface area contributed by atoms with Gasteiger partial charge in [-0.1, -0.05) is 13.0 Å². The number of carboxylic acid groups (broad SMARTS) is 1. The maximum absolute atomic E-state index is 11.1. The van der Waals surface area contributed by atoms with E-state index < -0.39 is 17.2 Å². The highest BCUT2D eigenvalue weighted by molar-refractivity contribution is 5.88. The van der Waals surface area contributed by atoms with Gasteiger partial charge in [0.2, 0.25) is 0 Å². The normalized spacial score (nSPS) is 31.7. The van der Waals surface area contributed by atoms with E-state index in [1.54, 1.807) is 18.2 Å². The lowest BCUT2D eigenvalue weighted by atomic mass is 9.60. The van der Waals surface area contributed by atoms with E-state index in [2.05, 4.69) is 0 Å². The molecule has 0 saturated carbocycles. The molecule has 3 N–H and O–H groups in total. The van der Waals surface area contributed by atoms with Crippen molar-refractivity contribution in [2.75, 3.05) is 13.6 Å². The van der Waals surface area contributed by atoms with Gasteiger partial charge in [0.1, 0.15) is 0 Å². The van der Waals surface area contributed by atoms with Crippen molar-refractivity contribution in [1.82, 2.24) is 4.90 Å². The van der Waals surface area contributed by atoms with Gasteiger partial charge in [0.25, 0.3) is 0 Å². The zero-order valence-electron chi connectivity index (χ0n) is 11.6. The number of piperidine rings is 1. The predicted molar refractivity (Wildman–Crippen MR) is 72.7 cm³/mol. The summed E-state index contributed by atoms with van der Waals surface area (Å²) in [6, 6.07) is 4.63. The molecule has 0 aromatic heterocycles. The molecule has 1 heterocycles. The largest absolute Gasteiger partial charge is 0.478 e. The molecule has 0 unspecified atom stereocenters. The first-order chi connectivity index (χ1) is 9.27. The van der Waals surface area contributed by atoms with Gasteiger partial charge in [0.15, 0.2) is 5.79 Å². The van der Waals surface area contributed by atoms with Gasteiger partial charge in [-0.25, -0.2) is 4.79 Å². The maximum Gasteiger partial charge on any atom is 0.335 e. The Morgan fingerprint density at radius 3 is 2.75 bits per heavy atom. The molecule has 2 aliphatic rings. The Bertz CT molecular complexity index is 583. The fourth-order valence-corrected chi connectivity index (χ4v) is 3.66. The molecule has 3 rings (SSSR count). The number of carbonyl (C=O) groups is 1. The summed E-state index contributed by atoms with van der Waals surface area (Å²) in [6.07, 6.45) is 1.11. The SMILES string of the molecule is CN1CC[C@]2(C)c3cc(C(=O)O)ccc3C[C@@H]1C2(O)O. The molecule has 1 aromatic rings. The van der Waals surface area contributed by atoms with Crippen LogP contribution in [0.25, 0.3) is 0 Å². The van der Waals surface area contributed by atoms with E-state index in [1.165, 1.54) is 0 Å². The summed E-state index contributed by atoms with van der Waals surface area (Å²) in [5.41, 5.74) is 1.13. The van der Waals surface area contributed by atoms with E-state index in [0.29, 0.717) is 12.8 Å². The Kier molecular flexibility index (Phi) is 2.73. The summed E-state index contributed by atoms with van der Waals surface area (Å²) in [5, 5.41) is 30.4. The second-order valence-electron chi connectivity index (χ2n) is 6.19. The topological polar surface area (TPSA) is 81.0 Å². The summed E-state index contributed by atoms with van der Waals surface area (Å²) in [7, 11) is 1.89. The number of aromatic carboxylic acids is 1. The first kappa shape index (κ1) is 13.5. The minimum absolute atomic E-state index is 0.193. The van der Waals surface area contributed by atoms with Crippen LogP contribution in [0.5, 0.6) is 0 Å². The van der Waals surface area contributed by atoms with Gasteiger partial charge in [-0.2, -0.15) is 0 Å². The molecule has 2 bridgehead atoms. The van der Waals surface area contributed by atoms with Crippen molar-refractivity contribution in [3.8, 4) is 0 Å². The van der Waals surface area contributed by atoms with Crippen molar-refractivity contribution in [1.29, 1.82) is 0 Å². The van der Waals surface area contributed by atoms with E-state index in [1.807, 2.05) is 18.9 Å². The van der Waals surface area contributed by atoms with Gasteiger partial charge >= 0.3 is 5.97 Å². The molecule has 1 aliphatic heterocycles. The molecular formula is C15H19NO4. The van der Waals surface area contributed by atoms with E-state index in [0.717, 1.165) is 17.7 Å². The number of hydrogen-bond acceptors (Lipinski definition) is 4. The van der Waals surface area contributed by atoms with Crippen molar-refractivity contribution >= 4 is 5.97 Å². The predicted octanol–water partition coefficient (Wildman–Crippen LogP) is 0.584. The number of likely N-dealkylation sites (tertiary alicyclic amines) is 1. The molecule has 0 amide bonds. The molecule has 0 radical (unpaired) electrons. The van der Waals surface area contributed by atoms with Crippen LogP contribution in [-0.2, 0) is 11.8 Å². The van der Waals surface area contributed by atoms with Gasteiger partial charge in [-0.3, -0.25) is 4.90 Å². The van der Waals surface area contributed by atoms with Crippen molar-refractivity contribution in [2.45, 2.75) is 37.0 Å². The van der Waals surface area contributed by atoms with Crippen molar-refractivity contribution in [3.63, 3.8) is 0 Å². The second kappa shape index (κ2) is 4.04. The summed E-state index contributed by atoms with van der Waals surface area (Å²) >= 11 is 0. The molecule has 1 aromatic carbocycles. The van der Waals surface area contributed by atoms with Crippen molar-refractivity contribution < 1.29 is 20.1 Å². The Hall–Kier alpha value is -1.43. The lowest BCUT2D eigenvalue weighted by Gasteiger charge is -2.57. The van der Waals surface area contributed by atoms with Gasteiger partial charge in [-0.05, 0) is 49.7 Å². The first-order valence-corrected chi connectivity index (χ1v) is 6.79. The number of carboxylic acids is 1. The van der Waals surface area contributed by atoms with Gasteiger partial charge in [0, 0.05) is 5.41 Å². The third kappa shape index (κ3) is 1.57. The number of nitrogens with zero attached hydrogens (tertiary/aromatic N) is 1. The third-order valence-corrected chi connectivity index (χ3v) is 5.14. The summed E-state index contributed by atoms with van der Waals surface area (Å²) < 4.78 is 0. The van der Waals surface area contributed by atoms with Crippen molar-refractivity contribution in [3.05, 3.63) is 34.9 Å². The molecule has 5 nitrogen and oxygen atoms in total. The molecule has 1 aliphatic carbocycles. The number of aliphatic hydroxyl groups is 2. The quantitative estimate of drug-likeness (QED) is 0.654. The van der Waals surface area contributed by atoms with Crippen LogP contribution in [-0.4, -0.2) is 51.6 Å². The van der Waals surface area contributed by atoms with Gasteiger partial charge < -0.3 is 15.3 Å². The molecule has 2 atom stereocenters. The molecule has 0 spiro atoms. The monoisotopic (exact) mass is 277 g/mol. The minimum Gasteiger partial charge on any atom is -0.478 e. The fraction of sp³-hybridized carbons (Fsp3) is 0.533. The van der Waals surface area contributed by atoms with Crippen molar-refractivity contribution in [2.24, 2.45) is 0 Å². The minimum atomic E-state index is -1.84. The van der Waals surface area contributed by atoms with E-state index in [4.69, 9.17) is 5.11 Å². The Morgan fingerprint density at radius 2 is 2.10 bits per heavy atom. The molecule has 1 fully saturated rings. The number of benzene rings is 1. The van der Waals surface area contributed by atoms with Crippen LogP contribution in [0.3, 0.4) is 0 Å². The van der Waals surface area contributed by atoms with Crippen LogP contribution in [0, 0.1) is 0 Å². The second-order valence-corrected chi connectivity index (χ2v) is 6.19. The lowest BCUT2D eigenvalue weighted by Crippen LogP contribution is -2.69. The fourth-order valence-electron chi connectivity index (χ4n) is 3.66. The first-order valence-electron chi connectivity index (χ1n) is 6.79. The molecule has 1 saturated heterocycles. The van der Waals surface area contributed by atoms with Crippen LogP contribution in [0.4, 0.5) is 0 Å². The number of hydrogen-bond donors (Lipinski definition) is 3. The lowest BCUT2D eigenvalue weighted by molar-refractivity contribution is -0.270. The standard InChI is InChI=1S/C15H19NO4/c1-14-5-6-16(2)12(15(14,19)20)8-9-3-4-10(13(17)18)7-11(9)14/h3-4,7,12,19-20H,5-6,8H2,1-2H3,(H,17,18)/t12-,14-/m1/s1. The molecule has 20 heavy (non-hydrogen) atoms. The zero-order valence-corrected chi connectivity index (χ0v) is 11.6. The molecule has 5 heteroatoms. The zero-order chi connectivity index (χ0) is 14.7. The molecule has 108 valence electrons. The van der Waals surface area contributed by atoms with E-state index in [9.17, 15) is 15.0 Å². The van der Waals surface area contributed by atoms with Gasteiger partial charge in [0.05, 0.1) is 11.6 Å². The average Bonchev–Trinajstić information content (AvgIpc) is 2.38. The van der Waals surface area contributed by atoms with Crippen LogP contribution in [0.15, 0.2) is 18.2 Å². The van der Waals surface area contributed by atoms with Gasteiger partial charge in [-0.15, -0.1) is 0 Å². The highest BCUT2D eigenvalue weighted by Crippen LogP contribution is 2.49. The van der Waals surface area contributed by atoms with Crippen LogP contribution in [0.2, 0.25) is 0 Å². The number of fused-ring (bicyclic) bond motifs is 4. The van der Waals surface area contributed by atoms with Crippen LogP contribution >= 0.6 is 0 Å². The number of likely N-dealkylation sites (N-methyl/N-ethyl adjacent to an activating group) is 1. The Balaban J connectivity index is 2.20. The smallest absolute Gasteiger partial charge is 0.335 e. The highest BCUT2D eigenvalue weighted by Gasteiger charge is 2.59. The van der Waals surface area contributed by atoms with E-state index >= 15 is 0 Å². The summed E-state index contributed by atoms with van der Waals surface area (Å²) in [5.74, 6) is -2.84. The van der Waals surface area contributed by atoms with E-state index in [-0.39, 0.29) is 11.6 Å². The molecular weight excluding hydrogens is 258 g/mol. The Morgan fingerprint density at radius 1 is 1.40 bits per heavy atom. The maximum atomic E-state index is 11.1. The summed E-state index contributed by atoms with van der Waals surface area (Å²) in [4.78, 5) is 13.1. The van der Waals surface area contributed by atoms with Crippen LogP contribution in [0.1, 0.15) is 34.8 Å².